The van der Waals surface area contributed by atoms with Gasteiger partial charge in [0, 0.05) is 30.4 Å². The molecule has 0 aromatic carbocycles. The zero-order chi connectivity index (χ0) is 14.0. The van der Waals surface area contributed by atoms with Gasteiger partial charge in [-0.3, -0.25) is 9.48 Å². The standard InChI is InChI=1S/C14H24N4O/c1-5-12(14-9(2)17-18(4)10(14)3)15-8-13(19)16-11-6-7-11/h11-12,15H,5-8H2,1-4H3,(H,16,19)/t12-/m0/s1. The molecule has 2 rings (SSSR count). The summed E-state index contributed by atoms with van der Waals surface area (Å²) in [6, 6.07) is 0.620. The van der Waals surface area contributed by atoms with Crippen LogP contribution in [0.5, 0.6) is 0 Å². The van der Waals surface area contributed by atoms with Crippen LogP contribution >= 0.6 is 0 Å². The third-order valence-corrected chi connectivity index (χ3v) is 3.77. The van der Waals surface area contributed by atoms with Crippen LogP contribution in [0.15, 0.2) is 0 Å². The van der Waals surface area contributed by atoms with Crippen LogP contribution in [0.1, 0.15) is 49.2 Å². The van der Waals surface area contributed by atoms with Crippen molar-refractivity contribution in [2.45, 2.75) is 52.1 Å². The molecule has 1 aliphatic rings. The van der Waals surface area contributed by atoms with Crippen LogP contribution in [0.25, 0.3) is 0 Å². The molecule has 1 heterocycles. The van der Waals surface area contributed by atoms with Crippen molar-refractivity contribution in [1.29, 1.82) is 0 Å². The Balaban J connectivity index is 1.96. The lowest BCUT2D eigenvalue weighted by atomic mass is 10.0. The van der Waals surface area contributed by atoms with E-state index in [4.69, 9.17) is 0 Å². The van der Waals surface area contributed by atoms with Gasteiger partial charge in [-0.2, -0.15) is 5.10 Å². The van der Waals surface area contributed by atoms with E-state index >= 15 is 0 Å². The topological polar surface area (TPSA) is 59.0 Å². The predicted octanol–water partition coefficient (Wildman–Crippen LogP) is 1.36. The Kier molecular flexibility index (Phi) is 4.24. The second kappa shape index (κ2) is 5.74. The van der Waals surface area contributed by atoms with Crippen LogP contribution in [-0.4, -0.2) is 28.3 Å². The summed E-state index contributed by atoms with van der Waals surface area (Å²) in [7, 11) is 1.96. The number of rotatable bonds is 6. The monoisotopic (exact) mass is 264 g/mol. The Bertz CT molecular complexity index is 462. The molecule has 19 heavy (non-hydrogen) atoms. The Hall–Kier alpha value is -1.36. The van der Waals surface area contributed by atoms with Crippen molar-refractivity contribution in [3.63, 3.8) is 0 Å². The minimum Gasteiger partial charge on any atom is -0.352 e. The molecule has 0 spiro atoms. The molecule has 5 nitrogen and oxygen atoms in total. The summed E-state index contributed by atoms with van der Waals surface area (Å²) < 4.78 is 1.90. The zero-order valence-corrected chi connectivity index (χ0v) is 12.3. The lowest BCUT2D eigenvalue weighted by Gasteiger charge is -2.17. The molecule has 0 bridgehead atoms. The first-order chi connectivity index (χ1) is 9.02. The zero-order valence-electron chi connectivity index (χ0n) is 12.3. The van der Waals surface area contributed by atoms with Crippen LogP contribution in [0, 0.1) is 13.8 Å². The summed E-state index contributed by atoms with van der Waals surface area (Å²) in [5.41, 5.74) is 3.44. The molecule has 0 radical (unpaired) electrons. The highest BCUT2D eigenvalue weighted by Gasteiger charge is 2.24. The van der Waals surface area contributed by atoms with E-state index in [0.29, 0.717) is 12.6 Å². The van der Waals surface area contributed by atoms with E-state index in [2.05, 4.69) is 29.6 Å². The summed E-state index contributed by atoms with van der Waals surface area (Å²) in [6.45, 7) is 6.60. The molecule has 1 aromatic heterocycles. The van der Waals surface area contributed by atoms with Gasteiger partial charge in [0.25, 0.3) is 0 Å². The van der Waals surface area contributed by atoms with Crippen molar-refractivity contribution in [2.75, 3.05) is 6.54 Å². The maximum absolute atomic E-state index is 11.7. The largest absolute Gasteiger partial charge is 0.352 e. The van der Waals surface area contributed by atoms with E-state index in [-0.39, 0.29) is 11.9 Å². The summed E-state index contributed by atoms with van der Waals surface area (Å²) in [4.78, 5) is 11.7. The number of aromatic nitrogens is 2. The van der Waals surface area contributed by atoms with Gasteiger partial charge in [-0.05, 0) is 33.1 Å². The quantitative estimate of drug-likeness (QED) is 0.815. The first-order valence-electron chi connectivity index (χ1n) is 7.05. The number of carbonyl (C=O) groups is 1. The van der Waals surface area contributed by atoms with Gasteiger partial charge in [0.1, 0.15) is 0 Å². The fourth-order valence-electron chi connectivity index (χ4n) is 2.47. The molecule has 1 fully saturated rings. The minimum atomic E-state index is 0.0974. The van der Waals surface area contributed by atoms with Crippen LogP contribution in [-0.2, 0) is 11.8 Å². The smallest absolute Gasteiger partial charge is 0.234 e. The Morgan fingerprint density at radius 2 is 2.16 bits per heavy atom. The molecule has 1 amide bonds. The predicted molar refractivity (Wildman–Crippen MR) is 74.9 cm³/mol. The van der Waals surface area contributed by atoms with Crippen molar-refractivity contribution in [3.8, 4) is 0 Å². The van der Waals surface area contributed by atoms with Gasteiger partial charge in [-0.1, -0.05) is 6.92 Å². The maximum Gasteiger partial charge on any atom is 0.234 e. The highest BCUT2D eigenvalue weighted by atomic mass is 16.2. The maximum atomic E-state index is 11.7. The fraction of sp³-hybridized carbons (Fsp3) is 0.714. The van der Waals surface area contributed by atoms with Crippen molar-refractivity contribution in [1.82, 2.24) is 20.4 Å². The van der Waals surface area contributed by atoms with Crippen molar-refractivity contribution < 1.29 is 4.79 Å². The Labute approximate surface area is 114 Å². The SMILES string of the molecule is CC[C@H](NCC(=O)NC1CC1)c1c(C)nn(C)c1C. The van der Waals surface area contributed by atoms with E-state index in [0.717, 1.165) is 25.0 Å². The lowest BCUT2D eigenvalue weighted by molar-refractivity contribution is -0.120. The van der Waals surface area contributed by atoms with E-state index < -0.39 is 0 Å². The number of carbonyl (C=O) groups excluding carboxylic acids is 1. The first kappa shape index (κ1) is 14.1. The van der Waals surface area contributed by atoms with Crippen molar-refractivity contribution in [3.05, 3.63) is 17.0 Å². The molecular weight excluding hydrogens is 240 g/mol. The summed E-state index contributed by atoms with van der Waals surface area (Å²) in [6.07, 6.45) is 3.21. The summed E-state index contributed by atoms with van der Waals surface area (Å²) in [5.74, 6) is 0.0974. The molecule has 1 atom stereocenters. The van der Waals surface area contributed by atoms with Crippen LogP contribution in [0.2, 0.25) is 0 Å². The van der Waals surface area contributed by atoms with E-state index in [9.17, 15) is 4.79 Å². The first-order valence-corrected chi connectivity index (χ1v) is 7.05. The number of aryl methyl sites for hydroxylation is 2. The van der Waals surface area contributed by atoms with E-state index in [1.165, 1.54) is 11.3 Å². The third-order valence-electron chi connectivity index (χ3n) is 3.77. The second-order valence-corrected chi connectivity index (χ2v) is 5.39. The minimum absolute atomic E-state index is 0.0974. The van der Waals surface area contributed by atoms with Gasteiger partial charge >= 0.3 is 0 Å². The summed E-state index contributed by atoms with van der Waals surface area (Å²) in [5, 5.41) is 10.8. The highest BCUT2D eigenvalue weighted by molar-refractivity contribution is 5.78. The average Bonchev–Trinajstić information content (AvgIpc) is 3.12. The number of amides is 1. The van der Waals surface area contributed by atoms with Gasteiger partial charge in [-0.15, -0.1) is 0 Å². The Morgan fingerprint density at radius 3 is 2.63 bits per heavy atom. The van der Waals surface area contributed by atoms with Gasteiger partial charge in [-0.25, -0.2) is 0 Å². The molecule has 0 unspecified atom stereocenters. The molecular formula is C14H24N4O. The highest BCUT2D eigenvalue weighted by Crippen LogP contribution is 2.23. The Morgan fingerprint density at radius 1 is 1.47 bits per heavy atom. The van der Waals surface area contributed by atoms with Crippen LogP contribution < -0.4 is 10.6 Å². The van der Waals surface area contributed by atoms with Crippen LogP contribution in [0.3, 0.4) is 0 Å². The third kappa shape index (κ3) is 3.35. The van der Waals surface area contributed by atoms with E-state index in [1.807, 2.05) is 18.7 Å². The number of nitrogens with zero attached hydrogens (tertiary/aromatic N) is 2. The second-order valence-electron chi connectivity index (χ2n) is 5.39. The molecule has 1 saturated carbocycles. The fourth-order valence-corrected chi connectivity index (χ4v) is 2.47. The number of hydrogen-bond donors (Lipinski definition) is 2. The molecule has 2 N–H and O–H groups in total. The molecule has 0 saturated heterocycles. The molecule has 5 heteroatoms. The molecule has 0 aliphatic heterocycles. The molecule has 1 aromatic rings. The average molecular weight is 264 g/mol. The molecule has 1 aliphatic carbocycles. The van der Waals surface area contributed by atoms with Gasteiger partial charge in [0.15, 0.2) is 0 Å². The van der Waals surface area contributed by atoms with Gasteiger partial charge in [0.2, 0.25) is 5.91 Å². The normalized spacial score (nSPS) is 16.4. The van der Waals surface area contributed by atoms with Crippen molar-refractivity contribution >= 4 is 5.91 Å². The van der Waals surface area contributed by atoms with Crippen molar-refractivity contribution in [2.24, 2.45) is 7.05 Å². The van der Waals surface area contributed by atoms with E-state index in [1.54, 1.807) is 0 Å². The lowest BCUT2D eigenvalue weighted by Crippen LogP contribution is -2.36. The molecule has 106 valence electrons. The van der Waals surface area contributed by atoms with Crippen LogP contribution in [0.4, 0.5) is 0 Å². The van der Waals surface area contributed by atoms with Gasteiger partial charge in [0.05, 0.1) is 12.2 Å². The van der Waals surface area contributed by atoms with Gasteiger partial charge < -0.3 is 10.6 Å². The number of nitrogens with one attached hydrogen (secondary N) is 2. The summed E-state index contributed by atoms with van der Waals surface area (Å²) >= 11 is 0. The number of hydrogen-bond acceptors (Lipinski definition) is 3.